The van der Waals surface area contributed by atoms with Gasteiger partial charge in [0.2, 0.25) is 11.8 Å². The van der Waals surface area contributed by atoms with E-state index in [-0.39, 0.29) is 42.6 Å². The van der Waals surface area contributed by atoms with E-state index in [1.165, 1.54) is 32.4 Å². The number of nitrogens with zero attached hydrogens (tertiary/aromatic N) is 4. The van der Waals surface area contributed by atoms with Gasteiger partial charge in [0.15, 0.2) is 0 Å². The number of nitrogens with one attached hydrogen (secondary N) is 2. The number of unbranched alkanes of at least 4 members (excludes halogenated alkanes) is 1. The number of nitrogens with two attached hydrogens (primary N) is 1. The number of likely N-dealkylation sites (tertiary alicyclic amines) is 1. The second-order valence-electron chi connectivity index (χ2n) is 13.7. The molecule has 0 aliphatic carbocycles. The summed E-state index contributed by atoms with van der Waals surface area (Å²) in [5, 5.41) is 7.18. The summed E-state index contributed by atoms with van der Waals surface area (Å²) in [7, 11) is 0. The highest BCUT2D eigenvalue weighted by Crippen LogP contribution is 2.30. The standard InChI is InChI=1S/C37H54ClN7O3/c1-26(2)41-32(14-8-11-19-43-17-9-5-10-18-43)36(47)45-21-20-44(37-42-27(3)34(48-37)29-12-6-4-7-13-29)25-33(45)35(46)40-24-28-15-16-30(23-39)31(38)22-28/h4,6-7,12-13,15-16,22,26-27,32-34,41H,5,8-11,14,17-21,23-25,39H2,1-3H3,(H,40,46)/t27-,32+,33-,34?/m0/s1. The molecule has 0 saturated carbocycles. The van der Waals surface area contributed by atoms with E-state index in [0.717, 1.165) is 42.5 Å². The molecule has 4 atom stereocenters. The van der Waals surface area contributed by atoms with Gasteiger partial charge in [-0.15, -0.1) is 0 Å². The molecule has 4 N–H and O–H groups in total. The first-order valence-corrected chi connectivity index (χ1v) is 18.2. The molecule has 3 heterocycles. The van der Waals surface area contributed by atoms with Crippen LogP contribution >= 0.6 is 11.6 Å². The number of carbonyl (C=O) groups is 2. The van der Waals surface area contributed by atoms with Crippen molar-refractivity contribution in [1.29, 1.82) is 0 Å². The molecular weight excluding hydrogens is 626 g/mol. The van der Waals surface area contributed by atoms with Crippen molar-refractivity contribution in [3.05, 3.63) is 70.2 Å². The topological polar surface area (TPSA) is 116 Å². The van der Waals surface area contributed by atoms with E-state index in [2.05, 4.69) is 29.4 Å². The number of ether oxygens (including phenoxy) is 1. The van der Waals surface area contributed by atoms with Gasteiger partial charge in [0.05, 0.1) is 18.6 Å². The minimum atomic E-state index is -0.716. The zero-order valence-electron chi connectivity index (χ0n) is 28.9. The van der Waals surface area contributed by atoms with Crippen LogP contribution in [0.4, 0.5) is 0 Å². The molecule has 48 heavy (non-hydrogen) atoms. The summed E-state index contributed by atoms with van der Waals surface area (Å²) in [5.41, 5.74) is 8.57. The van der Waals surface area contributed by atoms with Crippen molar-refractivity contribution in [3.8, 4) is 0 Å². The zero-order valence-corrected chi connectivity index (χ0v) is 29.6. The van der Waals surface area contributed by atoms with Crippen LogP contribution in [0.3, 0.4) is 0 Å². The van der Waals surface area contributed by atoms with E-state index >= 15 is 0 Å². The third kappa shape index (κ3) is 9.49. The van der Waals surface area contributed by atoms with Gasteiger partial charge in [0.25, 0.3) is 6.02 Å². The molecule has 2 aromatic rings. The van der Waals surface area contributed by atoms with Crippen LogP contribution in [0.5, 0.6) is 0 Å². The van der Waals surface area contributed by atoms with Gasteiger partial charge in [-0.05, 0) is 75.0 Å². The van der Waals surface area contributed by atoms with Crippen molar-refractivity contribution >= 4 is 29.4 Å². The van der Waals surface area contributed by atoms with Crippen LogP contribution in [0.15, 0.2) is 53.5 Å². The van der Waals surface area contributed by atoms with Crippen molar-refractivity contribution in [2.24, 2.45) is 10.7 Å². The summed E-state index contributed by atoms with van der Waals surface area (Å²) in [4.78, 5) is 39.5. The SMILES string of the molecule is CC(C)N[C@H](CCCCN1CCCCC1)C(=O)N1CCN(C2=N[C@@H](C)C(c3ccccc3)O2)C[C@H]1C(=O)NCc1ccc(CN)c(Cl)c1. The third-order valence-corrected chi connectivity index (χ3v) is 10.0. The highest BCUT2D eigenvalue weighted by molar-refractivity contribution is 6.31. The monoisotopic (exact) mass is 679 g/mol. The lowest BCUT2D eigenvalue weighted by atomic mass is 10.0. The van der Waals surface area contributed by atoms with Crippen LogP contribution in [-0.4, -0.2) is 96.0 Å². The van der Waals surface area contributed by atoms with Crippen LogP contribution in [0.2, 0.25) is 5.02 Å². The summed E-state index contributed by atoms with van der Waals surface area (Å²) in [6, 6.07) is 15.2. The fourth-order valence-electron chi connectivity index (χ4n) is 7.00. The summed E-state index contributed by atoms with van der Waals surface area (Å²) >= 11 is 6.40. The minimum absolute atomic E-state index is 0.0263. The fourth-order valence-corrected chi connectivity index (χ4v) is 7.28. The number of amides is 2. The summed E-state index contributed by atoms with van der Waals surface area (Å²) < 4.78 is 6.40. The van der Waals surface area contributed by atoms with Crippen LogP contribution in [-0.2, 0) is 27.4 Å². The molecule has 3 aliphatic heterocycles. The van der Waals surface area contributed by atoms with Gasteiger partial charge >= 0.3 is 0 Å². The summed E-state index contributed by atoms with van der Waals surface area (Å²) in [5.74, 6) is -0.242. The Balaban J connectivity index is 1.29. The second-order valence-corrected chi connectivity index (χ2v) is 14.1. The molecule has 5 rings (SSSR count). The maximum Gasteiger partial charge on any atom is 0.288 e. The number of rotatable bonds is 13. The Morgan fingerprint density at radius 2 is 1.81 bits per heavy atom. The number of benzene rings is 2. The molecule has 1 unspecified atom stereocenters. The molecule has 0 radical (unpaired) electrons. The number of piperidine rings is 1. The van der Waals surface area contributed by atoms with Crippen molar-refractivity contribution in [1.82, 2.24) is 25.3 Å². The average Bonchev–Trinajstić information content (AvgIpc) is 3.50. The number of halogens is 1. The van der Waals surface area contributed by atoms with E-state index in [0.29, 0.717) is 37.2 Å². The third-order valence-electron chi connectivity index (χ3n) is 9.65. The number of aliphatic imine (C=N–C) groups is 1. The predicted octanol–water partition coefficient (Wildman–Crippen LogP) is 4.47. The molecule has 2 fully saturated rings. The number of hydrogen-bond donors (Lipinski definition) is 3. The van der Waals surface area contributed by atoms with Crippen LogP contribution in [0.25, 0.3) is 0 Å². The first-order chi connectivity index (χ1) is 23.2. The van der Waals surface area contributed by atoms with Gasteiger partial charge in [-0.3, -0.25) is 9.59 Å². The molecule has 0 spiro atoms. The van der Waals surface area contributed by atoms with Gasteiger partial charge in [0.1, 0.15) is 12.1 Å². The fraction of sp³-hybridized carbons (Fsp3) is 0.595. The van der Waals surface area contributed by atoms with Crippen molar-refractivity contribution in [2.45, 2.75) is 103 Å². The minimum Gasteiger partial charge on any atom is -0.455 e. The molecule has 262 valence electrons. The lowest BCUT2D eigenvalue weighted by Crippen LogP contribution is -2.64. The van der Waals surface area contributed by atoms with Crippen molar-refractivity contribution < 1.29 is 14.3 Å². The molecular formula is C37H54ClN7O3. The summed E-state index contributed by atoms with van der Waals surface area (Å²) in [6.07, 6.45) is 6.43. The van der Waals surface area contributed by atoms with Gasteiger partial charge in [0, 0.05) is 37.2 Å². The van der Waals surface area contributed by atoms with E-state index in [9.17, 15) is 9.59 Å². The Hall–Kier alpha value is -3.18. The van der Waals surface area contributed by atoms with E-state index < -0.39 is 6.04 Å². The Morgan fingerprint density at radius 3 is 2.52 bits per heavy atom. The Bertz CT molecular complexity index is 1380. The van der Waals surface area contributed by atoms with E-state index in [4.69, 9.17) is 27.1 Å². The second kappa shape index (κ2) is 17.5. The number of hydrogen-bond acceptors (Lipinski definition) is 8. The molecule has 3 aliphatic rings. The Kier molecular flexibility index (Phi) is 13.1. The predicted molar refractivity (Wildman–Crippen MR) is 192 cm³/mol. The first kappa shape index (κ1) is 36.1. The number of amidine groups is 1. The maximum atomic E-state index is 14.3. The molecule has 2 aromatic carbocycles. The number of carbonyl (C=O) groups excluding carboxylic acids is 2. The molecule has 2 amide bonds. The van der Waals surface area contributed by atoms with Crippen molar-refractivity contribution in [3.63, 3.8) is 0 Å². The van der Waals surface area contributed by atoms with Crippen LogP contribution in [0, 0.1) is 0 Å². The molecule has 11 heteroatoms. The molecule has 0 aromatic heterocycles. The smallest absolute Gasteiger partial charge is 0.288 e. The first-order valence-electron chi connectivity index (χ1n) is 17.8. The molecule has 10 nitrogen and oxygen atoms in total. The van der Waals surface area contributed by atoms with E-state index in [1.54, 1.807) is 4.90 Å². The lowest BCUT2D eigenvalue weighted by molar-refractivity contribution is -0.145. The molecule has 0 bridgehead atoms. The normalized spacial score (nSPS) is 22.4. The van der Waals surface area contributed by atoms with Gasteiger partial charge in [-0.1, -0.05) is 80.8 Å². The highest BCUT2D eigenvalue weighted by Gasteiger charge is 2.41. The quantitative estimate of drug-likeness (QED) is 0.268. The maximum absolute atomic E-state index is 14.3. The van der Waals surface area contributed by atoms with Crippen LogP contribution in [0.1, 0.15) is 82.1 Å². The van der Waals surface area contributed by atoms with Crippen LogP contribution < -0.4 is 16.4 Å². The van der Waals surface area contributed by atoms with Gasteiger partial charge in [-0.2, -0.15) is 0 Å². The average molecular weight is 680 g/mol. The van der Waals surface area contributed by atoms with Gasteiger partial charge in [-0.25, -0.2) is 4.99 Å². The molecule has 2 saturated heterocycles. The van der Waals surface area contributed by atoms with E-state index in [1.807, 2.05) is 60.4 Å². The zero-order chi connectivity index (χ0) is 34.0. The van der Waals surface area contributed by atoms with Gasteiger partial charge < -0.3 is 35.8 Å². The largest absolute Gasteiger partial charge is 0.455 e. The summed E-state index contributed by atoms with van der Waals surface area (Å²) in [6.45, 7) is 11.5. The van der Waals surface area contributed by atoms with Crippen molar-refractivity contribution in [2.75, 3.05) is 39.3 Å². The highest BCUT2D eigenvalue weighted by atomic mass is 35.5. The number of piperazine rings is 1. The lowest BCUT2D eigenvalue weighted by Gasteiger charge is -2.42. The Labute approximate surface area is 291 Å². The Morgan fingerprint density at radius 1 is 1.04 bits per heavy atom.